The monoisotopic (exact) mass is 534 g/mol. The molecule has 0 amide bonds. The summed E-state index contributed by atoms with van der Waals surface area (Å²) in [7, 11) is 1.84. The molecular formula is C22H32F6N2O6. The summed E-state index contributed by atoms with van der Waals surface area (Å²) in [6.07, 6.45) is -5.79. The van der Waals surface area contributed by atoms with Gasteiger partial charge in [0.15, 0.2) is 0 Å². The molecule has 0 radical (unpaired) electrons. The highest BCUT2D eigenvalue weighted by Crippen LogP contribution is 2.45. The Morgan fingerprint density at radius 1 is 1.11 bits per heavy atom. The van der Waals surface area contributed by atoms with Crippen LogP contribution in [0.2, 0.25) is 0 Å². The van der Waals surface area contributed by atoms with Gasteiger partial charge in [0, 0.05) is 32.2 Å². The Morgan fingerprint density at radius 3 is 1.97 bits per heavy atom. The van der Waals surface area contributed by atoms with E-state index < -0.39 is 24.3 Å². The van der Waals surface area contributed by atoms with Crippen LogP contribution in [-0.2, 0) is 20.9 Å². The average Bonchev–Trinajstić information content (AvgIpc) is 3.37. The van der Waals surface area contributed by atoms with Crippen molar-refractivity contribution in [3.8, 4) is 0 Å². The first-order valence-corrected chi connectivity index (χ1v) is 11.1. The number of aliphatic carboxylic acids is 2. The summed E-state index contributed by atoms with van der Waals surface area (Å²) < 4.78 is 74.6. The lowest BCUT2D eigenvalue weighted by atomic mass is 9.71. The highest BCUT2D eigenvalue weighted by Gasteiger charge is 2.48. The molecule has 2 N–H and O–H groups in total. The molecule has 0 bridgehead atoms. The summed E-state index contributed by atoms with van der Waals surface area (Å²) in [5.74, 6) is -3.78. The number of hydrogen-bond donors (Lipinski definition) is 2. The zero-order valence-electron chi connectivity index (χ0n) is 20.2. The zero-order valence-corrected chi connectivity index (χ0v) is 20.2. The molecule has 8 nitrogen and oxygen atoms in total. The van der Waals surface area contributed by atoms with Crippen LogP contribution in [0.15, 0.2) is 22.8 Å². The van der Waals surface area contributed by atoms with Crippen molar-refractivity contribution < 1.29 is 55.3 Å². The van der Waals surface area contributed by atoms with E-state index >= 15 is 0 Å². The molecule has 2 aliphatic rings. The number of carbonyl (C=O) groups is 2. The molecule has 1 atom stereocenters. The first-order chi connectivity index (χ1) is 16.5. The fourth-order valence-corrected chi connectivity index (χ4v) is 4.37. The Labute approximate surface area is 204 Å². The minimum absolute atomic E-state index is 0.438. The number of methoxy groups -OCH3 is 1. The fourth-order valence-electron chi connectivity index (χ4n) is 4.37. The van der Waals surface area contributed by atoms with Gasteiger partial charge in [-0.25, -0.2) is 9.59 Å². The standard InChI is InChI=1S/C18H30N2O2.2C2HF3O2/c1-15(2)20-8-6-18(7-9-20)14-19(11-16(18)13-21-3)12-17-5-4-10-22-17;2*3-2(4,5)1(6)7/h4-5,10,15-16H,6-9,11-14H2,1-3H3;2*(H,6,7). The predicted molar refractivity (Wildman–Crippen MR) is 115 cm³/mol. The molecular weight excluding hydrogens is 502 g/mol. The SMILES string of the molecule is COCC1CN(Cc2ccco2)CC12CCN(C(C)C)CC2.O=C(O)C(F)(F)F.O=C(O)C(F)(F)F. The van der Waals surface area contributed by atoms with E-state index in [0.717, 1.165) is 25.5 Å². The van der Waals surface area contributed by atoms with E-state index in [1.807, 2.05) is 13.2 Å². The van der Waals surface area contributed by atoms with E-state index in [1.165, 1.54) is 32.5 Å². The summed E-state index contributed by atoms with van der Waals surface area (Å²) in [6.45, 7) is 11.2. The smallest absolute Gasteiger partial charge is 0.475 e. The number of carboxylic acid groups (broad SMARTS) is 2. The van der Waals surface area contributed by atoms with Crippen molar-refractivity contribution in [1.29, 1.82) is 0 Å². The third-order valence-electron chi connectivity index (χ3n) is 6.22. The second-order valence-corrected chi connectivity index (χ2v) is 9.00. The maximum atomic E-state index is 10.6. The van der Waals surface area contributed by atoms with E-state index in [0.29, 0.717) is 17.4 Å². The van der Waals surface area contributed by atoms with Crippen LogP contribution in [0.5, 0.6) is 0 Å². The van der Waals surface area contributed by atoms with E-state index in [2.05, 4.69) is 29.7 Å². The summed E-state index contributed by atoms with van der Waals surface area (Å²) in [4.78, 5) is 23.0. The minimum atomic E-state index is -5.08. The normalized spacial score (nSPS) is 20.4. The molecule has 14 heteroatoms. The van der Waals surface area contributed by atoms with Crippen molar-refractivity contribution in [2.75, 3.05) is 39.9 Å². The third-order valence-corrected chi connectivity index (χ3v) is 6.22. The van der Waals surface area contributed by atoms with E-state index in [4.69, 9.17) is 29.0 Å². The van der Waals surface area contributed by atoms with Crippen LogP contribution < -0.4 is 0 Å². The summed E-state index contributed by atoms with van der Waals surface area (Å²) in [6, 6.07) is 4.73. The van der Waals surface area contributed by atoms with Crippen molar-refractivity contribution in [3.63, 3.8) is 0 Å². The largest absolute Gasteiger partial charge is 0.490 e. The molecule has 0 aliphatic carbocycles. The number of carboxylic acids is 2. The predicted octanol–water partition coefficient (Wildman–Crippen LogP) is 4.12. The van der Waals surface area contributed by atoms with Gasteiger partial charge in [-0.2, -0.15) is 26.3 Å². The Bertz CT molecular complexity index is 781. The van der Waals surface area contributed by atoms with Crippen LogP contribution in [0, 0.1) is 11.3 Å². The van der Waals surface area contributed by atoms with Gasteiger partial charge in [0.1, 0.15) is 5.76 Å². The minimum Gasteiger partial charge on any atom is -0.475 e. The van der Waals surface area contributed by atoms with Crippen LogP contribution in [0.1, 0.15) is 32.4 Å². The molecule has 1 aromatic rings. The molecule has 1 spiro atoms. The lowest BCUT2D eigenvalue weighted by Gasteiger charge is -2.44. The van der Waals surface area contributed by atoms with Crippen LogP contribution >= 0.6 is 0 Å². The highest BCUT2D eigenvalue weighted by atomic mass is 19.4. The molecule has 3 rings (SSSR count). The number of rotatable bonds is 5. The first-order valence-electron chi connectivity index (χ1n) is 11.1. The molecule has 3 heterocycles. The van der Waals surface area contributed by atoms with Gasteiger partial charge in [-0.05, 0) is 57.3 Å². The zero-order chi connectivity index (χ0) is 27.7. The van der Waals surface area contributed by atoms with Gasteiger partial charge < -0.3 is 24.3 Å². The lowest BCUT2D eigenvalue weighted by Crippen LogP contribution is -2.47. The Hall–Kier alpha value is -2.32. The Morgan fingerprint density at radius 2 is 1.61 bits per heavy atom. The Balaban J connectivity index is 0.000000383. The number of piperidine rings is 1. The lowest BCUT2D eigenvalue weighted by molar-refractivity contribution is -0.193. The quantitative estimate of drug-likeness (QED) is 0.544. The van der Waals surface area contributed by atoms with E-state index in [1.54, 1.807) is 6.26 Å². The van der Waals surface area contributed by atoms with Crippen LogP contribution in [-0.4, -0.2) is 90.2 Å². The average molecular weight is 534 g/mol. The van der Waals surface area contributed by atoms with Gasteiger partial charge in [-0.1, -0.05) is 0 Å². The Kier molecular flexibility index (Phi) is 11.7. The van der Waals surface area contributed by atoms with Crippen molar-refractivity contribution in [2.45, 2.75) is 51.6 Å². The summed E-state index contributed by atoms with van der Waals surface area (Å²) >= 11 is 0. The fraction of sp³-hybridized carbons (Fsp3) is 0.727. The number of hydrogen-bond acceptors (Lipinski definition) is 6. The molecule has 208 valence electrons. The number of halogens is 6. The number of likely N-dealkylation sites (tertiary alicyclic amines) is 2. The maximum Gasteiger partial charge on any atom is 0.490 e. The van der Waals surface area contributed by atoms with Crippen LogP contribution in [0.3, 0.4) is 0 Å². The van der Waals surface area contributed by atoms with Crippen LogP contribution in [0.4, 0.5) is 26.3 Å². The second-order valence-electron chi connectivity index (χ2n) is 9.00. The molecule has 2 fully saturated rings. The molecule has 1 unspecified atom stereocenters. The third kappa shape index (κ3) is 9.97. The van der Waals surface area contributed by atoms with Crippen molar-refractivity contribution in [3.05, 3.63) is 24.2 Å². The number of furan rings is 1. The number of nitrogens with zero attached hydrogens (tertiary/aromatic N) is 2. The molecule has 2 saturated heterocycles. The summed E-state index contributed by atoms with van der Waals surface area (Å²) in [5.41, 5.74) is 0.438. The number of alkyl halides is 6. The summed E-state index contributed by atoms with van der Waals surface area (Å²) in [5, 5.41) is 14.2. The van der Waals surface area contributed by atoms with Gasteiger partial charge in [-0.3, -0.25) is 4.90 Å². The molecule has 36 heavy (non-hydrogen) atoms. The molecule has 0 saturated carbocycles. The highest BCUT2D eigenvalue weighted by molar-refractivity contribution is 5.73. The van der Waals surface area contributed by atoms with Crippen molar-refractivity contribution in [1.82, 2.24) is 9.80 Å². The first kappa shape index (κ1) is 31.7. The van der Waals surface area contributed by atoms with E-state index in [-0.39, 0.29) is 0 Å². The van der Waals surface area contributed by atoms with Gasteiger partial charge in [0.05, 0.1) is 19.4 Å². The van der Waals surface area contributed by atoms with Gasteiger partial charge in [0.25, 0.3) is 0 Å². The van der Waals surface area contributed by atoms with Gasteiger partial charge in [-0.15, -0.1) is 0 Å². The van der Waals surface area contributed by atoms with Gasteiger partial charge in [0.2, 0.25) is 0 Å². The van der Waals surface area contributed by atoms with Crippen molar-refractivity contribution in [2.24, 2.45) is 11.3 Å². The van der Waals surface area contributed by atoms with Crippen LogP contribution in [0.25, 0.3) is 0 Å². The van der Waals surface area contributed by atoms with Gasteiger partial charge >= 0.3 is 24.3 Å². The second kappa shape index (κ2) is 13.3. The molecule has 0 aromatic carbocycles. The van der Waals surface area contributed by atoms with E-state index in [9.17, 15) is 26.3 Å². The maximum absolute atomic E-state index is 10.6. The topological polar surface area (TPSA) is 103 Å². The van der Waals surface area contributed by atoms with Crippen molar-refractivity contribution >= 4 is 11.9 Å². The molecule has 1 aromatic heterocycles. The molecule has 2 aliphatic heterocycles. The number of ether oxygens (including phenoxy) is 1.